The summed E-state index contributed by atoms with van der Waals surface area (Å²) in [5.74, 6) is 1.32. The molecule has 4 nitrogen and oxygen atoms in total. The minimum absolute atomic E-state index is 0.0452. The second-order valence-corrected chi connectivity index (χ2v) is 4.80. The summed E-state index contributed by atoms with van der Waals surface area (Å²) >= 11 is 0. The highest BCUT2D eigenvalue weighted by molar-refractivity contribution is 5.81. The van der Waals surface area contributed by atoms with Crippen molar-refractivity contribution in [3.8, 4) is 0 Å². The Kier molecular flexibility index (Phi) is 5.77. The summed E-state index contributed by atoms with van der Waals surface area (Å²) in [5, 5.41) is 2.94. The summed E-state index contributed by atoms with van der Waals surface area (Å²) in [7, 11) is 1.62. The van der Waals surface area contributed by atoms with Crippen LogP contribution < -0.4 is 11.1 Å². The van der Waals surface area contributed by atoms with Crippen LogP contribution in [-0.4, -0.2) is 32.2 Å². The van der Waals surface area contributed by atoms with Crippen molar-refractivity contribution in [1.29, 1.82) is 0 Å². The normalized spacial score (nSPS) is 26.7. The van der Waals surface area contributed by atoms with Gasteiger partial charge in [0.25, 0.3) is 0 Å². The van der Waals surface area contributed by atoms with E-state index >= 15 is 0 Å². The van der Waals surface area contributed by atoms with Gasteiger partial charge in [-0.25, -0.2) is 0 Å². The van der Waals surface area contributed by atoms with Crippen LogP contribution in [0, 0.1) is 11.8 Å². The van der Waals surface area contributed by atoms with Gasteiger partial charge in [-0.2, -0.15) is 0 Å². The topological polar surface area (TPSA) is 64.3 Å². The average Bonchev–Trinajstić information content (AvgIpc) is 2.68. The Morgan fingerprint density at radius 3 is 2.88 bits per heavy atom. The van der Waals surface area contributed by atoms with E-state index in [9.17, 15) is 4.79 Å². The van der Waals surface area contributed by atoms with Crippen molar-refractivity contribution < 1.29 is 9.53 Å². The van der Waals surface area contributed by atoms with Crippen molar-refractivity contribution in [2.24, 2.45) is 17.6 Å². The molecule has 0 aromatic rings. The van der Waals surface area contributed by atoms with Crippen molar-refractivity contribution in [2.75, 3.05) is 20.3 Å². The summed E-state index contributed by atoms with van der Waals surface area (Å²) in [6.07, 6.45) is 4.39. The van der Waals surface area contributed by atoms with E-state index in [1.165, 1.54) is 19.3 Å². The molecule has 4 heteroatoms. The lowest BCUT2D eigenvalue weighted by Gasteiger charge is -2.18. The number of methoxy groups -OCH3 is 1. The van der Waals surface area contributed by atoms with Gasteiger partial charge in [0.15, 0.2) is 0 Å². The van der Waals surface area contributed by atoms with Gasteiger partial charge in [0, 0.05) is 20.3 Å². The lowest BCUT2D eigenvalue weighted by molar-refractivity contribution is -0.122. The Bertz CT molecular complexity index is 221. The fourth-order valence-corrected chi connectivity index (χ4v) is 2.26. The predicted octanol–water partition coefficient (Wildman–Crippen LogP) is 0.903. The third-order valence-corrected chi connectivity index (χ3v) is 3.55. The zero-order chi connectivity index (χ0) is 12.0. The zero-order valence-corrected chi connectivity index (χ0v) is 10.4. The Labute approximate surface area is 97.9 Å². The number of ether oxygens (including phenoxy) is 1. The molecule has 0 heterocycles. The molecule has 0 aromatic heterocycles. The summed E-state index contributed by atoms with van der Waals surface area (Å²) in [6, 6.07) is -0.434. The molecule has 3 N–H and O–H groups in total. The Balaban J connectivity index is 2.18. The van der Waals surface area contributed by atoms with Crippen LogP contribution in [0.1, 0.15) is 32.6 Å². The van der Waals surface area contributed by atoms with Crippen LogP contribution in [0.4, 0.5) is 0 Å². The van der Waals surface area contributed by atoms with Crippen LogP contribution in [0.3, 0.4) is 0 Å². The maximum absolute atomic E-state index is 11.6. The Morgan fingerprint density at radius 1 is 1.56 bits per heavy atom. The molecule has 0 bridgehead atoms. The molecule has 94 valence electrons. The van der Waals surface area contributed by atoms with E-state index in [-0.39, 0.29) is 5.91 Å². The maximum atomic E-state index is 11.6. The van der Waals surface area contributed by atoms with Gasteiger partial charge >= 0.3 is 0 Å². The number of rotatable bonds is 6. The number of amides is 1. The number of carbonyl (C=O) groups is 1. The number of hydrogen-bond acceptors (Lipinski definition) is 3. The Hall–Kier alpha value is -0.610. The third kappa shape index (κ3) is 4.10. The summed E-state index contributed by atoms with van der Waals surface area (Å²) in [4.78, 5) is 11.6. The average molecular weight is 228 g/mol. The van der Waals surface area contributed by atoms with Gasteiger partial charge < -0.3 is 15.8 Å². The summed E-state index contributed by atoms with van der Waals surface area (Å²) in [5.41, 5.74) is 5.73. The van der Waals surface area contributed by atoms with Gasteiger partial charge in [-0.05, 0) is 24.7 Å². The van der Waals surface area contributed by atoms with Crippen LogP contribution in [0.2, 0.25) is 0 Å². The lowest BCUT2D eigenvalue weighted by Crippen LogP contribution is -2.43. The van der Waals surface area contributed by atoms with Gasteiger partial charge in [0.2, 0.25) is 5.91 Å². The monoisotopic (exact) mass is 228 g/mol. The second kappa shape index (κ2) is 6.86. The van der Waals surface area contributed by atoms with Crippen LogP contribution in [0.25, 0.3) is 0 Å². The first-order chi connectivity index (χ1) is 7.65. The highest BCUT2D eigenvalue weighted by Crippen LogP contribution is 2.30. The molecular weight excluding hydrogens is 204 g/mol. The molecule has 0 saturated heterocycles. The van der Waals surface area contributed by atoms with Crippen LogP contribution in [0.15, 0.2) is 0 Å². The van der Waals surface area contributed by atoms with Crippen LogP contribution in [0.5, 0.6) is 0 Å². The van der Waals surface area contributed by atoms with Crippen molar-refractivity contribution >= 4 is 5.91 Å². The molecule has 0 aliphatic heterocycles. The van der Waals surface area contributed by atoms with Crippen LogP contribution >= 0.6 is 0 Å². The van der Waals surface area contributed by atoms with Gasteiger partial charge in [0.05, 0.1) is 6.04 Å². The highest BCUT2D eigenvalue weighted by Gasteiger charge is 2.24. The summed E-state index contributed by atoms with van der Waals surface area (Å²) < 4.78 is 4.90. The number of nitrogens with two attached hydrogens (primary N) is 1. The van der Waals surface area contributed by atoms with Gasteiger partial charge in [-0.15, -0.1) is 0 Å². The molecule has 3 unspecified atom stereocenters. The highest BCUT2D eigenvalue weighted by atomic mass is 16.5. The molecule has 16 heavy (non-hydrogen) atoms. The van der Waals surface area contributed by atoms with E-state index < -0.39 is 6.04 Å². The molecular formula is C12H24N2O2. The smallest absolute Gasteiger partial charge is 0.237 e. The molecule has 0 spiro atoms. The van der Waals surface area contributed by atoms with Crippen LogP contribution in [-0.2, 0) is 9.53 Å². The third-order valence-electron chi connectivity index (χ3n) is 3.55. The molecule has 1 saturated carbocycles. The minimum atomic E-state index is -0.434. The number of carbonyl (C=O) groups excluding carboxylic acids is 1. The second-order valence-electron chi connectivity index (χ2n) is 4.80. The van der Waals surface area contributed by atoms with E-state index in [2.05, 4.69) is 12.2 Å². The van der Waals surface area contributed by atoms with E-state index in [1.54, 1.807) is 7.11 Å². The summed E-state index contributed by atoms with van der Waals surface area (Å²) in [6.45, 7) is 3.57. The maximum Gasteiger partial charge on any atom is 0.237 e. The first kappa shape index (κ1) is 13.5. The number of nitrogens with one attached hydrogen (secondary N) is 1. The molecule has 1 aliphatic carbocycles. The molecule has 1 amide bonds. The number of hydrogen-bond donors (Lipinski definition) is 2. The molecule has 0 radical (unpaired) electrons. The first-order valence-electron chi connectivity index (χ1n) is 6.17. The molecule has 3 atom stereocenters. The Morgan fingerprint density at radius 2 is 2.31 bits per heavy atom. The van der Waals surface area contributed by atoms with Crippen molar-refractivity contribution in [2.45, 2.75) is 38.6 Å². The predicted molar refractivity (Wildman–Crippen MR) is 64.0 cm³/mol. The van der Waals surface area contributed by atoms with Gasteiger partial charge in [-0.3, -0.25) is 4.79 Å². The van der Waals surface area contributed by atoms with Gasteiger partial charge in [-0.1, -0.05) is 19.8 Å². The minimum Gasteiger partial charge on any atom is -0.385 e. The first-order valence-corrected chi connectivity index (χ1v) is 6.17. The SMILES string of the molecule is COCCC(N)C(=O)NCC1CCCC1C. The van der Waals surface area contributed by atoms with E-state index in [1.807, 2.05) is 0 Å². The molecule has 1 aliphatic rings. The van der Waals surface area contributed by atoms with Crippen molar-refractivity contribution in [3.05, 3.63) is 0 Å². The molecule has 1 rings (SSSR count). The lowest BCUT2D eigenvalue weighted by atomic mass is 9.98. The zero-order valence-electron chi connectivity index (χ0n) is 10.4. The van der Waals surface area contributed by atoms with Gasteiger partial charge in [0.1, 0.15) is 0 Å². The molecule has 1 fully saturated rings. The fraction of sp³-hybridized carbons (Fsp3) is 0.917. The molecule has 0 aromatic carbocycles. The van der Waals surface area contributed by atoms with E-state index in [0.717, 1.165) is 12.5 Å². The quantitative estimate of drug-likeness (QED) is 0.710. The van der Waals surface area contributed by atoms with Crippen molar-refractivity contribution in [1.82, 2.24) is 5.32 Å². The van der Waals surface area contributed by atoms with E-state index in [0.29, 0.717) is 18.9 Å². The standard InChI is InChI=1S/C12H24N2O2/c1-9-4-3-5-10(9)8-14-12(15)11(13)6-7-16-2/h9-11H,3-8,13H2,1-2H3,(H,14,15). The fourth-order valence-electron chi connectivity index (χ4n) is 2.26. The van der Waals surface area contributed by atoms with Crippen molar-refractivity contribution in [3.63, 3.8) is 0 Å². The van der Waals surface area contributed by atoms with E-state index in [4.69, 9.17) is 10.5 Å². The largest absolute Gasteiger partial charge is 0.385 e.